The summed E-state index contributed by atoms with van der Waals surface area (Å²) in [6, 6.07) is 4.39. The minimum absolute atomic E-state index is 0.0428. The van der Waals surface area contributed by atoms with E-state index in [1.807, 2.05) is 12.1 Å². The molecule has 0 spiro atoms. The molecule has 1 aromatic carbocycles. The third kappa shape index (κ3) is 5.60. The zero-order valence-electron chi connectivity index (χ0n) is 12.0. The van der Waals surface area contributed by atoms with Crippen molar-refractivity contribution in [2.24, 2.45) is 0 Å². The van der Waals surface area contributed by atoms with E-state index in [1.165, 1.54) is 0 Å². The van der Waals surface area contributed by atoms with E-state index >= 15 is 0 Å². The summed E-state index contributed by atoms with van der Waals surface area (Å²) >= 11 is 7.01. The van der Waals surface area contributed by atoms with Crippen LogP contribution in [0.2, 0.25) is 0 Å². The fraction of sp³-hybridized carbons (Fsp3) is 0.533. The Bertz CT molecular complexity index is 481. The minimum Gasteiger partial charge on any atom is -0.481 e. The van der Waals surface area contributed by atoms with Crippen molar-refractivity contribution in [3.8, 4) is 5.75 Å². The molecular weight excluding hydrogens is 400 g/mol. The van der Waals surface area contributed by atoms with Gasteiger partial charge in [0.25, 0.3) is 5.91 Å². The molecule has 1 aliphatic rings. The second-order valence-corrected chi connectivity index (χ2v) is 6.90. The van der Waals surface area contributed by atoms with Crippen LogP contribution in [0.3, 0.4) is 0 Å². The number of rotatable bonds is 8. The molecule has 1 saturated carbocycles. The second kappa shape index (κ2) is 8.15. The SMILES string of the molecule is CCCNCc1cc(Br)c(OCC(=O)NC2CC2)c(Br)c1. The van der Waals surface area contributed by atoms with E-state index in [4.69, 9.17) is 4.74 Å². The van der Waals surface area contributed by atoms with Gasteiger partial charge in [0.2, 0.25) is 0 Å². The first-order valence-corrected chi connectivity index (χ1v) is 8.79. The van der Waals surface area contributed by atoms with Crippen molar-refractivity contribution >= 4 is 37.8 Å². The summed E-state index contributed by atoms with van der Waals surface area (Å²) in [5, 5.41) is 6.26. The van der Waals surface area contributed by atoms with Crippen LogP contribution in [0.5, 0.6) is 5.75 Å². The predicted molar refractivity (Wildman–Crippen MR) is 90.5 cm³/mol. The number of carbonyl (C=O) groups excluding carboxylic acids is 1. The lowest BCUT2D eigenvalue weighted by Gasteiger charge is -2.12. The molecule has 1 aromatic rings. The summed E-state index contributed by atoms with van der Waals surface area (Å²) in [5.41, 5.74) is 1.16. The van der Waals surface area contributed by atoms with E-state index in [1.54, 1.807) is 0 Å². The van der Waals surface area contributed by atoms with Gasteiger partial charge in [0.05, 0.1) is 8.95 Å². The predicted octanol–water partition coefficient (Wildman–Crippen LogP) is 3.37. The fourth-order valence-electron chi connectivity index (χ4n) is 1.90. The number of amides is 1. The van der Waals surface area contributed by atoms with Gasteiger partial charge in [0, 0.05) is 12.6 Å². The number of ether oxygens (including phenoxy) is 1. The van der Waals surface area contributed by atoms with Crippen molar-refractivity contribution in [2.75, 3.05) is 13.2 Å². The summed E-state index contributed by atoms with van der Waals surface area (Å²) in [6.45, 7) is 3.99. The van der Waals surface area contributed by atoms with Crippen molar-refractivity contribution in [1.29, 1.82) is 0 Å². The van der Waals surface area contributed by atoms with Crippen LogP contribution in [0, 0.1) is 0 Å². The molecule has 116 valence electrons. The highest BCUT2D eigenvalue weighted by Crippen LogP contribution is 2.34. The molecule has 0 unspecified atom stereocenters. The Kier molecular flexibility index (Phi) is 6.51. The molecule has 0 heterocycles. The number of halogens is 2. The molecule has 1 fully saturated rings. The summed E-state index contributed by atoms with van der Waals surface area (Å²) in [7, 11) is 0. The van der Waals surface area contributed by atoms with E-state index in [0.717, 1.165) is 46.9 Å². The Balaban J connectivity index is 1.90. The standard InChI is InChI=1S/C15H20Br2N2O2/c1-2-5-18-8-10-6-12(16)15(13(17)7-10)21-9-14(20)19-11-3-4-11/h6-7,11,18H,2-5,8-9H2,1H3,(H,19,20). The van der Waals surface area contributed by atoms with Crippen LogP contribution >= 0.6 is 31.9 Å². The second-order valence-electron chi connectivity index (χ2n) is 5.20. The summed E-state index contributed by atoms with van der Waals surface area (Å²) in [5.74, 6) is 0.602. The van der Waals surface area contributed by atoms with Gasteiger partial charge in [0.1, 0.15) is 5.75 Å². The molecule has 2 N–H and O–H groups in total. The van der Waals surface area contributed by atoms with Crippen LogP contribution in [-0.2, 0) is 11.3 Å². The molecule has 0 saturated heterocycles. The maximum atomic E-state index is 11.7. The van der Waals surface area contributed by atoms with E-state index in [9.17, 15) is 4.79 Å². The van der Waals surface area contributed by atoms with Crippen LogP contribution in [0.15, 0.2) is 21.1 Å². The van der Waals surface area contributed by atoms with Crippen molar-refractivity contribution in [2.45, 2.75) is 38.8 Å². The summed E-state index contributed by atoms with van der Waals surface area (Å²) in [6.07, 6.45) is 3.27. The molecular formula is C15H20Br2N2O2. The molecule has 1 aliphatic carbocycles. The van der Waals surface area contributed by atoms with Gasteiger partial charge in [-0.1, -0.05) is 6.92 Å². The van der Waals surface area contributed by atoms with Crippen molar-refractivity contribution < 1.29 is 9.53 Å². The molecule has 1 amide bonds. The molecule has 0 bridgehead atoms. The number of carbonyl (C=O) groups is 1. The van der Waals surface area contributed by atoms with Crippen LogP contribution in [0.1, 0.15) is 31.7 Å². The molecule has 6 heteroatoms. The molecule has 21 heavy (non-hydrogen) atoms. The van der Waals surface area contributed by atoms with Gasteiger partial charge >= 0.3 is 0 Å². The van der Waals surface area contributed by atoms with E-state index < -0.39 is 0 Å². The third-order valence-corrected chi connectivity index (χ3v) is 4.28. The molecule has 0 aliphatic heterocycles. The summed E-state index contributed by atoms with van der Waals surface area (Å²) < 4.78 is 7.32. The Morgan fingerprint density at radius 1 is 1.33 bits per heavy atom. The van der Waals surface area contributed by atoms with Gasteiger partial charge in [-0.15, -0.1) is 0 Å². The van der Waals surface area contributed by atoms with Gasteiger partial charge in [-0.3, -0.25) is 4.79 Å². The maximum Gasteiger partial charge on any atom is 0.258 e. The van der Waals surface area contributed by atoms with Crippen molar-refractivity contribution in [3.05, 3.63) is 26.6 Å². The monoisotopic (exact) mass is 418 g/mol. The fourth-order valence-corrected chi connectivity index (χ4v) is 3.41. The van der Waals surface area contributed by atoms with Crippen LogP contribution in [-0.4, -0.2) is 25.1 Å². The Morgan fingerprint density at radius 2 is 2.00 bits per heavy atom. The number of benzene rings is 1. The highest BCUT2D eigenvalue weighted by atomic mass is 79.9. The van der Waals surface area contributed by atoms with Gasteiger partial charge in [-0.25, -0.2) is 0 Å². The molecule has 4 nitrogen and oxygen atoms in total. The van der Waals surface area contributed by atoms with Crippen molar-refractivity contribution in [1.82, 2.24) is 10.6 Å². The average molecular weight is 420 g/mol. The lowest BCUT2D eigenvalue weighted by molar-refractivity contribution is -0.123. The largest absolute Gasteiger partial charge is 0.481 e. The zero-order chi connectivity index (χ0) is 15.2. The minimum atomic E-state index is -0.0648. The first kappa shape index (κ1) is 16.8. The zero-order valence-corrected chi connectivity index (χ0v) is 15.2. The Hall–Kier alpha value is -0.590. The molecule has 0 aromatic heterocycles. The van der Waals surface area contributed by atoms with Crippen molar-refractivity contribution in [3.63, 3.8) is 0 Å². The van der Waals surface area contributed by atoms with Crippen LogP contribution < -0.4 is 15.4 Å². The summed E-state index contributed by atoms with van der Waals surface area (Å²) in [4.78, 5) is 11.7. The molecule has 0 atom stereocenters. The number of hydrogen-bond acceptors (Lipinski definition) is 3. The number of nitrogens with one attached hydrogen (secondary N) is 2. The van der Waals surface area contributed by atoms with Gasteiger partial charge in [-0.2, -0.15) is 0 Å². The Morgan fingerprint density at radius 3 is 2.57 bits per heavy atom. The highest BCUT2D eigenvalue weighted by molar-refractivity contribution is 9.11. The smallest absolute Gasteiger partial charge is 0.258 e. The van der Waals surface area contributed by atoms with E-state index in [0.29, 0.717) is 11.8 Å². The maximum absolute atomic E-state index is 11.7. The van der Waals surface area contributed by atoms with Gasteiger partial charge in [-0.05, 0) is 75.4 Å². The quantitative estimate of drug-likeness (QED) is 0.635. The van der Waals surface area contributed by atoms with E-state index in [2.05, 4.69) is 49.4 Å². The normalized spacial score (nSPS) is 14.0. The van der Waals surface area contributed by atoms with E-state index in [-0.39, 0.29) is 12.5 Å². The van der Waals surface area contributed by atoms with Gasteiger partial charge < -0.3 is 15.4 Å². The number of hydrogen-bond donors (Lipinski definition) is 2. The average Bonchev–Trinajstić information content (AvgIpc) is 3.22. The first-order chi connectivity index (χ1) is 10.1. The Labute approximate surface area is 142 Å². The third-order valence-electron chi connectivity index (χ3n) is 3.10. The highest BCUT2D eigenvalue weighted by Gasteiger charge is 2.23. The first-order valence-electron chi connectivity index (χ1n) is 7.21. The van der Waals surface area contributed by atoms with Gasteiger partial charge in [0.15, 0.2) is 6.61 Å². The van der Waals surface area contributed by atoms with Crippen LogP contribution in [0.4, 0.5) is 0 Å². The lowest BCUT2D eigenvalue weighted by atomic mass is 10.2. The molecule has 0 radical (unpaired) electrons. The lowest BCUT2D eigenvalue weighted by Crippen LogP contribution is -2.30. The topological polar surface area (TPSA) is 50.4 Å². The van der Waals surface area contributed by atoms with Crippen LogP contribution in [0.25, 0.3) is 0 Å². The molecule has 2 rings (SSSR count).